The van der Waals surface area contributed by atoms with Crippen molar-refractivity contribution in [2.75, 3.05) is 27.3 Å². The van der Waals surface area contributed by atoms with Crippen LogP contribution in [0.5, 0.6) is 11.5 Å². The molecule has 2 unspecified atom stereocenters. The Morgan fingerprint density at radius 1 is 1.39 bits per heavy atom. The molecule has 0 amide bonds. The molecule has 2 atom stereocenters. The number of hydrogen-bond acceptors (Lipinski definition) is 4. The molecule has 0 saturated carbocycles. The molecule has 0 spiro atoms. The summed E-state index contributed by atoms with van der Waals surface area (Å²) in [5.74, 6) is 0.974. The molecule has 2 rings (SSSR count). The number of phenolic OH excluding ortho intramolecular Hbond substituents is 1. The van der Waals surface area contributed by atoms with Crippen LogP contribution in [0, 0.1) is 0 Å². The van der Waals surface area contributed by atoms with E-state index >= 15 is 0 Å². The van der Waals surface area contributed by atoms with Crippen LogP contribution < -0.4 is 4.74 Å². The average Bonchev–Trinajstić information content (AvgIpc) is 2.86. The summed E-state index contributed by atoms with van der Waals surface area (Å²) in [6.45, 7) is 4.04. The average molecular weight is 251 g/mol. The first-order chi connectivity index (χ1) is 8.65. The number of rotatable bonds is 4. The quantitative estimate of drug-likeness (QED) is 0.890. The molecule has 0 bridgehead atoms. The van der Waals surface area contributed by atoms with Gasteiger partial charge in [0.05, 0.1) is 13.2 Å². The standard InChI is InChI=1S/C14H21NO3/c1-10(15-7-6-12(9-15)18-3)13-5-4-11(17-2)8-14(13)16/h4-5,8,10,12,16H,6-7,9H2,1-3H3. The first-order valence-electron chi connectivity index (χ1n) is 6.29. The topological polar surface area (TPSA) is 41.9 Å². The molecular weight excluding hydrogens is 230 g/mol. The monoisotopic (exact) mass is 251 g/mol. The predicted octanol–water partition coefficient (Wildman–Crippen LogP) is 2.18. The van der Waals surface area contributed by atoms with E-state index in [1.54, 1.807) is 20.3 Å². The molecule has 4 heteroatoms. The van der Waals surface area contributed by atoms with Gasteiger partial charge in [-0.05, 0) is 19.4 Å². The highest BCUT2D eigenvalue weighted by Gasteiger charge is 2.27. The molecule has 1 N–H and O–H groups in total. The highest BCUT2D eigenvalue weighted by atomic mass is 16.5. The van der Waals surface area contributed by atoms with Gasteiger partial charge in [0.1, 0.15) is 11.5 Å². The van der Waals surface area contributed by atoms with Gasteiger partial charge in [0, 0.05) is 37.9 Å². The fourth-order valence-electron chi connectivity index (χ4n) is 2.50. The van der Waals surface area contributed by atoms with Crippen molar-refractivity contribution >= 4 is 0 Å². The fraction of sp³-hybridized carbons (Fsp3) is 0.571. The van der Waals surface area contributed by atoms with Gasteiger partial charge in [-0.2, -0.15) is 0 Å². The van der Waals surface area contributed by atoms with Crippen molar-refractivity contribution in [3.05, 3.63) is 23.8 Å². The fourth-order valence-corrected chi connectivity index (χ4v) is 2.50. The van der Waals surface area contributed by atoms with Gasteiger partial charge in [-0.15, -0.1) is 0 Å². The maximum atomic E-state index is 10.0. The Bertz CT molecular complexity index is 408. The number of benzene rings is 1. The Hall–Kier alpha value is -1.26. The molecule has 1 fully saturated rings. The maximum absolute atomic E-state index is 10.0. The van der Waals surface area contributed by atoms with E-state index in [4.69, 9.17) is 9.47 Å². The number of nitrogens with zero attached hydrogens (tertiary/aromatic N) is 1. The summed E-state index contributed by atoms with van der Waals surface area (Å²) < 4.78 is 10.5. The number of likely N-dealkylation sites (tertiary alicyclic amines) is 1. The number of aromatic hydroxyl groups is 1. The van der Waals surface area contributed by atoms with E-state index in [1.807, 2.05) is 12.1 Å². The molecule has 1 aromatic carbocycles. The Balaban J connectivity index is 2.11. The summed E-state index contributed by atoms with van der Waals surface area (Å²) in [4.78, 5) is 2.33. The molecule has 0 aliphatic carbocycles. The van der Waals surface area contributed by atoms with Crippen LogP contribution in [0.3, 0.4) is 0 Å². The zero-order valence-electron chi connectivity index (χ0n) is 11.2. The third-order valence-corrected chi connectivity index (χ3v) is 3.75. The van der Waals surface area contributed by atoms with Gasteiger partial charge in [-0.3, -0.25) is 4.90 Å². The summed E-state index contributed by atoms with van der Waals surface area (Å²) in [7, 11) is 3.35. The Morgan fingerprint density at radius 3 is 2.72 bits per heavy atom. The van der Waals surface area contributed by atoms with Crippen molar-refractivity contribution in [2.24, 2.45) is 0 Å². The lowest BCUT2D eigenvalue weighted by atomic mass is 10.1. The second-order valence-electron chi connectivity index (χ2n) is 4.74. The third-order valence-electron chi connectivity index (χ3n) is 3.75. The van der Waals surface area contributed by atoms with Crippen molar-refractivity contribution in [2.45, 2.75) is 25.5 Å². The van der Waals surface area contributed by atoms with E-state index in [9.17, 15) is 5.11 Å². The summed E-state index contributed by atoms with van der Waals surface area (Å²) in [5.41, 5.74) is 0.938. The van der Waals surface area contributed by atoms with Gasteiger partial charge in [0.15, 0.2) is 0 Å². The number of methoxy groups -OCH3 is 2. The highest BCUT2D eigenvalue weighted by molar-refractivity contribution is 5.41. The third kappa shape index (κ3) is 2.60. The molecule has 1 aromatic rings. The second-order valence-corrected chi connectivity index (χ2v) is 4.74. The van der Waals surface area contributed by atoms with Gasteiger partial charge in [-0.1, -0.05) is 6.07 Å². The molecule has 4 nitrogen and oxygen atoms in total. The first kappa shape index (κ1) is 13.2. The van der Waals surface area contributed by atoms with Gasteiger partial charge < -0.3 is 14.6 Å². The van der Waals surface area contributed by atoms with Crippen LogP contribution in [0.4, 0.5) is 0 Å². The van der Waals surface area contributed by atoms with Gasteiger partial charge in [0.25, 0.3) is 0 Å². The molecule has 1 aliphatic heterocycles. The zero-order chi connectivity index (χ0) is 13.1. The minimum absolute atomic E-state index is 0.191. The molecule has 0 aromatic heterocycles. The summed E-state index contributed by atoms with van der Waals surface area (Å²) in [6, 6.07) is 5.67. The van der Waals surface area contributed by atoms with Crippen LogP contribution in [0.15, 0.2) is 18.2 Å². The minimum atomic E-state index is 0.191. The van der Waals surface area contributed by atoms with Crippen LogP contribution in [-0.4, -0.2) is 43.4 Å². The Labute approximate surface area is 108 Å². The summed E-state index contributed by atoms with van der Waals surface area (Å²) in [6.07, 6.45) is 1.37. The number of ether oxygens (including phenoxy) is 2. The number of hydrogen-bond donors (Lipinski definition) is 1. The molecule has 0 radical (unpaired) electrons. The minimum Gasteiger partial charge on any atom is -0.507 e. The lowest BCUT2D eigenvalue weighted by Crippen LogP contribution is -2.26. The SMILES string of the molecule is COc1ccc(C(C)N2CCC(OC)C2)c(O)c1. The van der Waals surface area contributed by atoms with E-state index in [-0.39, 0.29) is 6.04 Å². The van der Waals surface area contributed by atoms with E-state index in [0.717, 1.165) is 25.1 Å². The first-order valence-corrected chi connectivity index (χ1v) is 6.29. The predicted molar refractivity (Wildman–Crippen MR) is 70.1 cm³/mol. The Kier molecular flexibility index (Phi) is 4.09. The molecule has 18 heavy (non-hydrogen) atoms. The molecule has 1 heterocycles. The summed E-state index contributed by atoms with van der Waals surface area (Å²) >= 11 is 0. The van der Waals surface area contributed by atoms with Gasteiger partial charge >= 0.3 is 0 Å². The Morgan fingerprint density at radius 2 is 2.17 bits per heavy atom. The largest absolute Gasteiger partial charge is 0.507 e. The van der Waals surface area contributed by atoms with Crippen molar-refractivity contribution < 1.29 is 14.6 Å². The van der Waals surface area contributed by atoms with E-state index in [2.05, 4.69) is 11.8 Å². The maximum Gasteiger partial charge on any atom is 0.124 e. The van der Waals surface area contributed by atoms with Gasteiger partial charge in [-0.25, -0.2) is 0 Å². The normalized spacial score (nSPS) is 22.1. The van der Waals surface area contributed by atoms with Crippen molar-refractivity contribution in [1.82, 2.24) is 4.90 Å². The lowest BCUT2D eigenvalue weighted by molar-refractivity contribution is 0.102. The molecular formula is C14H21NO3. The summed E-state index contributed by atoms with van der Waals surface area (Å²) in [5, 5.41) is 10.0. The van der Waals surface area contributed by atoms with Crippen LogP contribution in [0.2, 0.25) is 0 Å². The van der Waals surface area contributed by atoms with Crippen LogP contribution in [-0.2, 0) is 4.74 Å². The van der Waals surface area contributed by atoms with E-state index in [0.29, 0.717) is 17.6 Å². The second kappa shape index (κ2) is 5.59. The molecule has 100 valence electrons. The smallest absolute Gasteiger partial charge is 0.124 e. The molecule has 1 aliphatic rings. The van der Waals surface area contributed by atoms with Crippen LogP contribution in [0.1, 0.15) is 24.9 Å². The van der Waals surface area contributed by atoms with Crippen LogP contribution >= 0.6 is 0 Å². The lowest BCUT2D eigenvalue weighted by Gasteiger charge is -2.25. The number of phenols is 1. The van der Waals surface area contributed by atoms with Crippen molar-refractivity contribution in [3.63, 3.8) is 0 Å². The van der Waals surface area contributed by atoms with E-state index in [1.165, 1.54) is 0 Å². The van der Waals surface area contributed by atoms with Crippen LogP contribution in [0.25, 0.3) is 0 Å². The van der Waals surface area contributed by atoms with Crippen molar-refractivity contribution in [3.8, 4) is 11.5 Å². The van der Waals surface area contributed by atoms with Gasteiger partial charge in [0.2, 0.25) is 0 Å². The van der Waals surface area contributed by atoms with Crippen molar-refractivity contribution in [1.29, 1.82) is 0 Å². The highest BCUT2D eigenvalue weighted by Crippen LogP contribution is 2.33. The molecule has 1 saturated heterocycles. The zero-order valence-corrected chi connectivity index (χ0v) is 11.2. The van der Waals surface area contributed by atoms with E-state index < -0.39 is 0 Å².